The summed E-state index contributed by atoms with van der Waals surface area (Å²) in [6.45, 7) is 5.50. The SMILES string of the molecule is CCC[C@@H](C)C(=O)Nc1ccc(S(=O)(=O)N2CCOCC2)cc1. The van der Waals surface area contributed by atoms with Crippen molar-refractivity contribution in [2.45, 2.75) is 31.6 Å². The van der Waals surface area contributed by atoms with Crippen LogP contribution in [0.3, 0.4) is 0 Å². The summed E-state index contributed by atoms with van der Waals surface area (Å²) >= 11 is 0. The van der Waals surface area contributed by atoms with E-state index in [2.05, 4.69) is 5.32 Å². The molecule has 1 aliphatic rings. The van der Waals surface area contributed by atoms with Crippen molar-refractivity contribution in [3.63, 3.8) is 0 Å². The van der Waals surface area contributed by atoms with Gasteiger partial charge in [0.15, 0.2) is 0 Å². The Morgan fingerprint density at radius 1 is 1.26 bits per heavy atom. The molecular formula is C16H24N2O4S. The molecule has 0 unspecified atom stereocenters. The maximum Gasteiger partial charge on any atom is 0.243 e. The van der Waals surface area contributed by atoms with Crippen LogP contribution < -0.4 is 5.32 Å². The zero-order valence-electron chi connectivity index (χ0n) is 13.6. The van der Waals surface area contributed by atoms with Crippen molar-refractivity contribution in [2.75, 3.05) is 31.6 Å². The third-order valence-electron chi connectivity index (χ3n) is 3.90. The van der Waals surface area contributed by atoms with Gasteiger partial charge in [-0.25, -0.2) is 8.42 Å². The first kappa shape index (κ1) is 17.9. The smallest absolute Gasteiger partial charge is 0.243 e. The molecule has 0 bridgehead atoms. The second kappa shape index (κ2) is 7.90. The molecule has 1 atom stereocenters. The van der Waals surface area contributed by atoms with Crippen molar-refractivity contribution < 1.29 is 17.9 Å². The van der Waals surface area contributed by atoms with E-state index in [1.54, 1.807) is 12.1 Å². The molecular weight excluding hydrogens is 316 g/mol. The standard InChI is InChI=1S/C16H24N2O4S/c1-3-4-13(2)16(19)17-14-5-7-15(8-6-14)23(20,21)18-9-11-22-12-10-18/h5-8,13H,3-4,9-12H2,1-2H3,(H,17,19)/t13-/m1/s1. The lowest BCUT2D eigenvalue weighted by Crippen LogP contribution is -2.40. The van der Waals surface area contributed by atoms with Gasteiger partial charge in [-0.2, -0.15) is 4.31 Å². The summed E-state index contributed by atoms with van der Waals surface area (Å²) in [7, 11) is -3.49. The van der Waals surface area contributed by atoms with Crippen LogP contribution in [0.5, 0.6) is 0 Å². The summed E-state index contributed by atoms with van der Waals surface area (Å²) in [5, 5.41) is 2.82. The molecule has 1 N–H and O–H groups in total. The van der Waals surface area contributed by atoms with E-state index in [0.717, 1.165) is 12.8 Å². The van der Waals surface area contributed by atoms with Gasteiger partial charge < -0.3 is 10.1 Å². The zero-order valence-corrected chi connectivity index (χ0v) is 14.4. The predicted molar refractivity (Wildman–Crippen MR) is 88.7 cm³/mol. The number of benzene rings is 1. The predicted octanol–water partition coefficient (Wildman–Crippen LogP) is 2.08. The molecule has 0 aromatic heterocycles. The Hall–Kier alpha value is -1.44. The lowest BCUT2D eigenvalue weighted by Gasteiger charge is -2.26. The second-order valence-electron chi connectivity index (χ2n) is 5.72. The molecule has 1 heterocycles. The number of anilines is 1. The number of ether oxygens (including phenoxy) is 1. The molecule has 1 aromatic carbocycles. The highest BCUT2D eigenvalue weighted by Gasteiger charge is 2.26. The van der Waals surface area contributed by atoms with Gasteiger partial charge in [-0.05, 0) is 30.7 Å². The fraction of sp³-hybridized carbons (Fsp3) is 0.562. The first-order valence-electron chi connectivity index (χ1n) is 7.94. The Bertz CT molecular complexity index is 622. The van der Waals surface area contributed by atoms with E-state index in [1.165, 1.54) is 16.4 Å². The van der Waals surface area contributed by atoms with Gasteiger partial charge in [0.25, 0.3) is 0 Å². The molecule has 1 aliphatic heterocycles. The summed E-state index contributed by atoms with van der Waals surface area (Å²) in [5.74, 6) is -0.104. The van der Waals surface area contributed by atoms with Crippen LogP contribution in [0.15, 0.2) is 29.2 Å². The fourth-order valence-corrected chi connectivity index (χ4v) is 3.88. The van der Waals surface area contributed by atoms with Crippen molar-refractivity contribution in [2.24, 2.45) is 5.92 Å². The van der Waals surface area contributed by atoms with E-state index < -0.39 is 10.0 Å². The number of carbonyl (C=O) groups excluding carboxylic acids is 1. The Morgan fingerprint density at radius 2 is 1.87 bits per heavy atom. The normalized spacial score (nSPS) is 17.7. The zero-order chi connectivity index (χ0) is 16.9. The summed E-state index contributed by atoms with van der Waals surface area (Å²) in [5.41, 5.74) is 0.610. The van der Waals surface area contributed by atoms with Crippen LogP contribution in [-0.4, -0.2) is 44.9 Å². The third-order valence-corrected chi connectivity index (χ3v) is 5.81. The van der Waals surface area contributed by atoms with Crippen LogP contribution >= 0.6 is 0 Å². The molecule has 128 valence electrons. The Labute approximate surface area is 137 Å². The van der Waals surface area contributed by atoms with Gasteiger partial charge in [0.2, 0.25) is 15.9 Å². The Morgan fingerprint density at radius 3 is 2.43 bits per heavy atom. The molecule has 0 saturated carbocycles. The van der Waals surface area contributed by atoms with E-state index in [4.69, 9.17) is 4.74 Å². The van der Waals surface area contributed by atoms with Gasteiger partial charge in [-0.1, -0.05) is 20.3 Å². The van der Waals surface area contributed by atoms with Gasteiger partial charge in [0.05, 0.1) is 18.1 Å². The average Bonchev–Trinajstić information content (AvgIpc) is 2.56. The van der Waals surface area contributed by atoms with Crippen LogP contribution in [0.2, 0.25) is 0 Å². The lowest BCUT2D eigenvalue weighted by atomic mass is 10.1. The van der Waals surface area contributed by atoms with E-state index in [9.17, 15) is 13.2 Å². The number of morpholine rings is 1. The molecule has 0 aliphatic carbocycles. The highest BCUT2D eigenvalue weighted by molar-refractivity contribution is 7.89. The summed E-state index contributed by atoms with van der Waals surface area (Å²) in [6.07, 6.45) is 1.78. The lowest BCUT2D eigenvalue weighted by molar-refractivity contribution is -0.119. The van der Waals surface area contributed by atoms with Gasteiger partial charge in [0.1, 0.15) is 0 Å². The largest absolute Gasteiger partial charge is 0.379 e. The molecule has 23 heavy (non-hydrogen) atoms. The fourth-order valence-electron chi connectivity index (χ4n) is 2.48. The maximum absolute atomic E-state index is 12.5. The second-order valence-corrected chi connectivity index (χ2v) is 7.66. The number of rotatable bonds is 6. The quantitative estimate of drug-likeness (QED) is 0.860. The highest BCUT2D eigenvalue weighted by atomic mass is 32.2. The maximum atomic E-state index is 12.5. The molecule has 1 fully saturated rings. The van der Waals surface area contributed by atoms with Crippen LogP contribution in [0.1, 0.15) is 26.7 Å². The molecule has 1 saturated heterocycles. The summed E-state index contributed by atoms with van der Waals surface area (Å²) in [6, 6.07) is 6.32. The first-order valence-corrected chi connectivity index (χ1v) is 9.38. The molecule has 1 amide bonds. The van der Waals surface area contributed by atoms with E-state index >= 15 is 0 Å². The van der Waals surface area contributed by atoms with Crippen LogP contribution in [0.25, 0.3) is 0 Å². The van der Waals surface area contributed by atoms with Crippen molar-refractivity contribution in [1.29, 1.82) is 0 Å². The number of carbonyl (C=O) groups is 1. The monoisotopic (exact) mass is 340 g/mol. The minimum absolute atomic E-state index is 0.0457. The van der Waals surface area contributed by atoms with Crippen LogP contribution in [0.4, 0.5) is 5.69 Å². The third kappa shape index (κ3) is 4.53. The van der Waals surface area contributed by atoms with Gasteiger partial charge >= 0.3 is 0 Å². The number of amides is 1. The summed E-state index contributed by atoms with van der Waals surface area (Å²) < 4.78 is 31.6. The van der Waals surface area contributed by atoms with Gasteiger partial charge in [-0.3, -0.25) is 4.79 Å². The molecule has 0 radical (unpaired) electrons. The first-order chi connectivity index (χ1) is 10.9. The number of hydrogen-bond donors (Lipinski definition) is 1. The van der Waals surface area contributed by atoms with Crippen LogP contribution in [-0.2, 0) is 19.6 Å². The van der Waals surface area contributed by atoms with Crippen molar-refractivity contribution in [1.82, 2.24) is 4.31 Å². The minimum Gasteiger partial charge on any atom is -0.379 e. The highest BCUT2D eigenvalue weighted by Crippen LogP contribution is 2.20. The molecule has 1 aromatic rings. The summed E-state index contributed by atoms with van der Waals surface area (Å²) in [4.78, 5) is 12.2. The number of sulfonamides is 1. The molecule has 7 heteroatoms. The van der Waals surface area contributed by atoms with Gasteiger partial charge in [0, 0.05) is 24.7 Å². The van der Waals surface area contributed by atoms with Crippen molar-refractivity contribution >= 4 is 21.6 Å². The van der Waals surface area contributed by atoms with Crippen molar-refractivity contribution in [3.05, 3.63) is 24.3 Å². The molecule has 0 spiro atoms. The number of hydrogen-bond acceptors (Lipinski definition) is 4. The Kier molecular flexibility index (Phi) is 6.15. The molecule has 2 rings (SSSR count). The number of nitrogens with zero attached hydrogens (tertiary/aromatic N) is 1. The van der Waals surface area contributed by atoms with E-state index in [0.29, 0.717) is 32.0 Å². The van der Waals surface area contributed by atoms with E-state index in [1.807, 2.05) is 13.8 Å². The number of nitrogens with one attached hydrogen (secondary N) is 1. The van der Waals surface area contributed by atoms with Crippen molar-refractivity contribution in [3.8, 4) is 0 Å². The average molecular weight is 340 g/mol. The Balaban J connectivity index is 2.05. The minimum atomic E-state index is -3.49. The van der Waals surface area contributed by atoms with E-state index in [-0.39, 0.29) is 16.7 Å². The molecule has 6 nitrogen and oxygen atoms in total. The van der Waals surface area contributed by atoms with Crippen LogP contribution in [0, 0.1) is 5.92 Å². The van der Waals surface area contributed by atoms with Gasteiger partial charge in [-0.15, -0.1) is 0 Å². The topological polar surface area (TPSA) is 75.7 Å².